The molecule has 1 amide bonds. The summed E-state index contributed by atoms with van der Waals surface area (Å²) < 4.78 is 19.6. The molecule has 1 aromatic carbocycles. The lowest BCUT2D eigenvalue weighted by Gasteiger charge is -2.50. The van der Waals surface area contributed by atoms with Crippen LogP contribution < -0.4 is 0 Å². The van der Waals surface area contributed by atoms with Gasteiger partial charge in [0, 0.05) is 25.7 Å². The molecule has 144 valence electrons. The van der Waals surface area contributed by atoms with E-state index in [4.69, 9.17) is 4.74 Å². The van der Waals surface area contributed by atoms with E-state index in [1.165, 1.54) is 6.07 Å². The van der Waals surface area contributed by atoms with Crippen molar-refractivity contribution in [2.45, 2.75) is 64.2 Å². The second-order valence-electron chi connectivity index (χ2n) is 7.98. The molecule has 2 heterocycles. The third kappa shape index (κ3) is 4.26. The van der Waals surface area contributed by atoms with Crippen LogP contribution in [0.5, 0.6) is 0 Å². The molecule has 4 nitrogen and oxygen atoms in total. The van der Waals surface area contributed by atoms with Gasteiger partial charge in [-0.15, -0.1) is 0 Å². The van der Waals surface area contributed by atoms with Crippen molar-refractivity contribution in [3.05, 3.63) is 35.6 Å². The number of piperidine rings is 1. The van der Waals surface area contributed by atoms with Gasteiger partial charge in [0.25, 0.3) is 5.91 Å². The number of benzene rings is 1. The van der Waals surface area contributed by atoms with Crippen LogP contribution in [0.2, 0.25) is 0 Å². The van der Waals surface area contributed by atoms with Gasteiger partial charge in [0.05, 0.1) is 12.1 Å². The molecule has 1 atom stereocenters. The highest BCUT2D eigenvalue weighted by Crippen LogP contribution is 2.34. The second-order valence-corrected chi connectivity index (χ2v) is 7.98. The maximum atomic E-state index is 13.3. The fraction of sp³-hybridized carbons (Fsp3) is 0.667. The lowest BCUT2D eigenvalue weighted by molar-refractivity contribution is -0.196. The molecule has 2 saturated heterocycles. The largest absolute Gasteiger partial charge is 0.360 e. The Hall–Kier alpha value is -1.46. The summed E-state index contributed by atoms with van der Waals surface area (Å²) in [5.74, 6) is -0.0265. The van der Waals surface area contributed by atoms with E-state index in [1.807, 2.05) is 17.9 Å². The molecule has 2 aliphatic heterocycles. The molecule has 0 unspecified atom stereocenters. The van der Waals surface area contributed by atoms with Crippen molar-refractivity contribution in [2.75, 3.05) is 26.2 Å². The number of carbonyl (C=O) groups excluding carboxylic acids is 1. The number of amides is 1. The van der Waals surface area contributed by atoms with Crippen LogP contribution in [-0.2, 0) is 16.0 Å². The van der Waals surface area contributed by atoms with Gasteiger partial charge in [-0.05, 0) is 57.2 Å². The summed E-state index contributed by atoms with van der Waals surface area (Å²) in [4.78, 5) is 17.0. The van der Waals surface area contributed by atoms with E-state index in [-0.39, 0.29) is 29.5 Å². The SMILES string of the molecule is CC[C@H]1OC2(CCN(CCc3cccc(F)c3)CC2)CN(C(C)C)C1=O. The number of hydrogen-bond donors (Lipinski definition) is 0. The van der Waals surface area contributed by atoms with Crippen LogP contribution in [0.3, 0.4) is 0 Å². The fourth-order valence-electron chi connectivity index (χ4n) is 4.10. The Morgan fingerprint density at radius 1 is 1.31 bits per heavy atom. The van der Waals surface area contributed by atoms with Gasteiger partial charge in [0.2, 0.25) is 0 Å². The summed E-state index contributed by atoms with van der Waals surface area (Å²) >= 11 is 0. The summed E-state index contributed by atoms with van der Waals surface area (Å²) in [5.41, 5.74) is 0.843. The first-order valence-electron chi connectivity index (χ1n) is 9.87. The standard InChI is InChI=1S/C21H31FN2O2/c1-4-19-20(25)24(16(2)3)15-21(26-19)9-12-23(13-10-21)11-8-17-6-5-7-18(22)14-17/h5-7,14,16,19H,4,8-13,15H2,1-3H3/t19-/m1/s1. The molecule has 0 N–H and O–H groups in total. The Balaban J connectivity index is 1.57. The Bertz CT molecular complexity index is 626. The molecule has 0 aromatic heterocycles. The minimum Gasteiger partial charge on any atom is -0.360 e. The van der Waals surface area contributed by atoms with Crippen LogP contribution in [0, 0.1) is 5.82 Å². The highest BCUT2D eigenvalue weighted by molar-refractivity contribution is 5.82. The van der Waals surface area contributed by atoms with Crippen LogP contribution in [0.4, 0.5) is 4.39 Å². The molecule has 3 rings (SSSR count). The fourth-order valence-corrected chi connectivity index (χ4v) is 4.10. The van der Waals surface area contributed by atoms with Crippen molar-refractivity contribution in [3.8, 4) is 0 Å². The first-order valence-corrected chi connectivity index (χ1v) is 9.87. The summed E-state index contributed by atoms with van der Waals surface area (Å²) in [6.07, 6.45) is 3.18. The Morgan fingerprint density at radius 3 is 2.65 bits per heavy atom. The van der Waals surface area contributed by atoms with E-state index < -0.39 is 0 Å². The minimum absolute atomic E-state index is 0.140. The Morgan fingerprint density at radius 2 is 2.04 bits per heavy atom. The normalized spacial score (nSPS) is 23.8. The highest BCUT2D eigenvalue weighted by atomic mass is 19.1. The smallest absolute Gasteiger partial charge is 0.252 e. The summed E-state index contributed by atoms with van der Waals surface area (Å²) in [5, 5.41) is 0. The van der Waals surface area contributed by atoms with Crippen LogP contribution in [0.25, 0.3) is 0 Å². The number of ether oxygens (including phenoxy) is 1. The zero-order valence-electron chi connectivity index (χ0n) is 16.2. The Labute approximate surface area is 156 Å². The topological polar surface area (TPSA) is 32.8 Å². The number of rotatable bonds is 5. The molecule has 1 aromatic rings. The van der Waals surface area contributed by atoms with Crippen LogP contribution in [0.15, 0.2) is 24.3 Å². The van der Waals surface area contributed by atoms with Crippen LogP contribution >= 0.6 is 0 Å². The zero-order chi connectivity index (χ0) is 18.7. The number of hydrogen-bond acceptors (Lipinski definition) is 3. The van der Waals surface area contributed by atoms with E-state index in [1.54, 1.807) is 12.1 Å². The molecule has 1 spiro atoms. The van der Waals surface area contributed by atoms with E-state index in [0.29, 0.717) is 6.54 Å². The number of carbonyl (C=O) groups is 1. The maximum Gasteiger partial charge on any atom is 0.252 e. The summed E-state index contributed by atoms with van der Waals surface area (Å²) in [7, 11) is 0. The van der Waals surface area contributed by atoms with Crippen molar-refractivity contribution in [1.29, 1.82) is 0 Å². The third-order valence-corrected chi connectivity index (χ3v) is 5.78. The molecular weight excluding hydrogens is 331 g/mol. The van der Waals surface area contributed by atoms with Crippen molar-refractivity contribution < 1.29 is 13.9 Å². The predicted octanol–water partition coefficient (Wildman–Crippen LogP) is 3.25. The molecule has 5 heteroatoms. The molecule has 26 heavy (non-hydrogen) atoms. The number of nitrogens with zero attached hydrogens (tertiary/aromatic N) is 2. The molecule has 0 aliphatic carbocycles. The molecular formula is C21H31FN2O2. The van der Waals surface area contributed by atoms with E-state index in [2.05, 4.69) is 18.7 Å². The molecule has 0 bridgehead atoms. The first kappa shape index (κ1) is 19.3. The van der Waals surface area contributed by atoms with Crippen LogP contribution in [0.1, 0.15) is 45.6 Å². The average Bonchev–Trinajstić information content (AvgIpc) is 2.63. The van der Waals surface area contributed by atoms with Gasteiger partial charge in [-0.3, -0.25) is 4.79 Å². The van der Waals surface area contributed by atoms with Gasteiger partial charge in [0.1, 0.15) is 11.9 Å². The van der Waals surface area contributed by atoms with Gasteiger partial charge in [-0.25, -0.2) is 4.39 Å². The van der Waals surface area contributed by atoms with Crippen molar-refractivity contribution in [1.82, 2.24) is 9.80 Å². The van der Waals surface area contributed by atoms with Gasteiger partial charge in [0.15, 0.2) is 0 Å². The van der Waals surface area contributed by atoms with Crippen molar-refractivity contribution in [3.63, 3.8) is 0 Å². The highest BCUT2D eigenvalue weighted by Gasteiger charge is 2.46. The summed E-state index contributed by atoms with van der Waals surface area (Å²) in [6.45, 7) is 9.75. The van der Waals surface area contributed by atoms with Gasteiger partial charge >= 0.3 is 0 Å². The lowest BCUT2D eigenvalue weighted by atomic mass is 9.87. The summed E-state index contributed by atoms with van der Waals surface area (Å²) in [6, 6.07) is 7.07. The van der Waals surface area contributed by atoms with E-state index in [9.17, 15) is 9.18 Å². The van der Waals surface area contributed by atoms with Crippen LogP contribution in [-0.4, -0.2) is 59.6 Å². The van der Waals surface area contributed by atoms with Gasteiger partial charge in [-0.1, -0.05) is 19.1 Å². The van der Waals surface area contributed by atoms with Gasteiger partial charge in [-0.2, -0.15) is 0 Å². The van der Waals surface area contributed by atoms with Gasteiger partial charge < -0.3 is 14.5 Å². The molecule has 0 saturated carbocycles. The number of halogens is 1. The second kappa shape index (κ2) is 8.05. The molecule has 2 fully saturated rings. The third-order valence-electron chi connectivity index (χ3n) is 5.78. The zero-order valence-corrected chi connectivity index (χ0v) is 16.2. The maximum absolute atomic E-state index is 13.3. The predicted molar refractivity (Wildman–Crippen MR) is 101 cm³/mol. The Kier molecular flexibility index (Phi) is 5.98. The van der Waals surface area contributed by atoms with E-state index >= 15 is 0 Å². The molecule has 2 aliphatic rings. The first-order chi connectivity index (χ1) is 12.4. The monoisotopic (exact) mass is 362 g/mol. The quantitative estimate of drug-likeness (QED) is 0.806. The average molecular weight is 362 g/mol. The minimum atomic E-state index is -0.301. The number of likely N-dealkylation sites (tertiary alicyclic amines) is 1. The van der Waals surface area contributed by atoms with Crippen molar-refractivity contribution in [2.24, 2.45) is 0 Å². The van der Waals surface area contributed by atoms with E-state index in [0.717, 1.165) is 50.9 Å². The lowest BCUT2D eigenvalue weighted by Crippen LogP contribution is -2.63. The number of morpholine rings is 1. The molecule has 0 radical (unpaired) electrons. The van der Waals surface area contributed by atoms with Crippen molar-refractivity contribution >= 4 is 5.91 Å².